The van der Waals surface area contributed by atoms with Crippen LogP contribution < -0.4 is 14.8 Å². The average molecular weight is 384 g/mol. The van der Waals surface area contributed by atoms with Crippen LogP contribution in [0.15, 0.2) is 36.4 Å². The molecule has 0 aliphatic carbocycles. The van der Waals surface area contributed by atoms with Crippen molar-refractivity contribution in [3.63, 3.8) is 0 Å². The molecule has 0 aromatic heterocycles. The normalized spacial score (nSPS) is 11.3. The van der Waals surface area contributed by atoms with E-state index in [4.69, 9.17) is 4.74 Å². The first-order chi connectivity index (χ1) is 12.7. The predicted molar refractivity (Wildman–Crippen MR) is 92.9 cm³/mol. The molecule has 9 heteroatoms. The fourth-order valence-corrected chi connectivity index (χ4v) is 2.50. The number of benzene rings is 2. The monoisotopic (exact) mass is 384 g/mol. The van der Waals surface area contributed by atoms with Gasteiger partial charge in [-0.05, 0) is 18.6 Å². The molecule has 1 N–H and O–H groups in total. The number of halogens is 3. The molecule has 146 valence electrons. The first-order valence-corrected chi connectivity index (χ1v) is 8.00. The van der Waals surface area contributed by atoms with Crippen LogP contribution in [0.3, 0.4) is 0 Å². The molecule has 0 fully saturated rings. The van der Waals surface area contributed by atoms with Crippen LogP contribution in [-0.2, 0) is 13.1 Å². The number of hydrogen-bond donors (Lipinski definition) is 1. The van der Waals surface area contributed by atoms with E-state index in [1.807, 2.05) is 31.2 Å². The van der Waals surface area contributed by atoms with Crippen molar-refractivity contribution in [3.05, 3.63) is 63.2 Å². The lowest BCUT2D eigenvalue weighted by Gasteiger charge is -2.14. The van der Waals surface area contributed by atoms with Crippen molar-refractivity contribution in [2.24, 2.45) is 0 Å². The maximum atomic E-state index is 12.4. The van der Waals surface area contributed by atoms with Gasteiger partial charge in [-0.15, -0.1) is 0 Å². The fourth-order valence-electron chi connectivity index (χ4n) is 2.50. The van der Waals surface area contributed by atoms with Gasteiger partial charge >= 0.3 is 6.18 Å². The Morgan fingerprint density at radius 2 is 1.89 bits per heavy atom. The molecule has 0 aliphatic rings. The quantitative estimate of drug-likeness (QED) is 0.547. The van der Waals surface area contributed by atoms with Gasteiger partial charge in [0.25, 0.3) is 5.69 Å². The van der Waals surface area contributed by atoms with E-state index in [2.05, 4.69) is 10.1 Å². The van der Waals surface area contributed by atoms with Gasteiger partial charge in [0.15, 0.2) is 18.1 Å². The van der Waals surface area contributed by atoms with Gasteiger partial charge < -0.3 is 14.8 Å². The van der Waals surface area contributed by atoms with Gasteiger partial charge in [0.1, 0.15) is 0 Å². The third-order valence-electron chi connectivity index (χ3n) is 3.68. The molecule has 0 aliphatic heterocycles. The van der Waals surface area contributed by atoms with Crippen molar-refractivity contribution in [3.8, 4) is 11.5 Å². The van der Waals surface area contributed by atoms with Crippen molar-refractivity contribution in [2.75, 3.05) is 13.7 Å². The molecule has 0 heterocycles. The third kappa shape index (κ3) is 6.14. The second-order valence-corrected chi connectivity index (χ2v) is 5.89. The lowest BCUT2D eigenvalue weighted by Crippen LogP contribution is -2.20. The highest BCUT2D eigenvalue weighted by molar-refractivity contribution is 5.54. The topological polar surface area (TPSA) is 73.6 Å². The second-order valence-electron chi connectivity index (χ2n) is 5.89. The minimum atomic E-state index is -4.56. The number of aryl methyl sites for hydroxylation is 1. The smallest absolute Gasteiger partial charge is 0.422 e. The highest BCUT2D eigenvalue weighted by atomic mass is 19.4. The molecule has 0 spiro atoms. The molecule has 0 radical (unpaired) electrons. The van der Waals surface area contributed by atoms with Gasteiger partial charge in [0, 0.05) is 18.7 Å². The van der Waals surface area contributed by atoms with Gasteiger partial charge in [-0.2, -0.15) is 13.2 Å². The molecule has 0 amide bonds. The highest BCUT2D eigenvalue weighted by Crippen LogP contribution is 2.35. The summed E-state index contributed by atoms with van der Waals surface area (Å²) >= 11 is 0. The Bertz CT molecular complexity index is 810. The Morgan fingerprint density at radius 3 is 2.48 bits per heavy atom. The average Bonchev–Trinajstić information content (AvgIpc) is 2.59. The summed E-state index contributed by atoms with van der Waals surface area (Å²) in [7, 11) is 1.26. The minimum Gasteiger partial charge on any atom is -0.493 e. The Kier molecular flexibility index (Phi) is 6.62. The van der Waals surface area contributed by atoms with Gasteiger partial charge in [0.2, 0.25) is 0 Å². The van der Waals surface area contributed by atoms with E-state index in [1.54, 1.807) is 0 Å². The second kappa shape index (κ2) is 8.72. The van der Waals surface area contributed by atoms with Crippen molar-refractivity contribution in [1.82, 2.24) is 5.32 Å². The SMILES string of the molecule is COc1cc(CNCc2cccc(C)c2)c([N+](=O)[O-])cc1OCC(F)(F)F. The summed E-state index contributed by atoms with van der Waals surface area (Å²) in [5.41, 5.74) is 2.04. The summed E-state index contributed by atoms with van der Waals surface area (Å²) in [6, 6.07) is 10.0. The van der Waals surface area contributed by atoms with Crippen LogP contribution in [0.5, 0.6) is 11.5 Å². The zero-order valence-corrected chi connectivity index (χ0v) is 14.8. The summed E-state index contributed by atoms with van der Waals surface area (Å²) in [5, 5.41) is 14.4. The van der Waals surface area contributed by atoms with Crippen LogP contribution >= 0.6 is 0 Å². The number of nitro groups is 1. The maximum Gasteiger partial charge on any atom is 0.422 e. The number of ether oxygens (including phenoxy) is 2. The van der Waals surface area contributed by atoms with Gasteiger partial charge in [-0.3, -0.25) is 10.1 Å². The summed E-state index contributed by atoms with van der Waals surface area (Å²) in [4.78, 5) is 10.6. The first kappa shape index (κ1) is 20.5. The third-order valence-corrected chi connectivity index (χ3v) is 3.68. The molecule has 27 heavy (non-hydrogen) atoms. The molecular formula is C18H19F3N2O4. The minimum absolute atomic E-state index is 0.00259. The van der Waals surface area contributed by atoms with E-state index in [9.17, 15) is 23.3 Å². The largest absolute Gasteiger partial charge is 0.493 e. The molecule has 2 aromatic rings. The van der Waals surface area contributed by atoms with E-state index >= 15 is 0 Å². The number of nitro benzene ring substituents is 1. The van der Waals surface area contributed by atoms with Gasteiger partial charge in [-0.25, -0.2) is 0 Å². The Morgan fingerprint density at radius 1 is 1.15 bits per heavy atom. The van der Waals surface area contributed by atoms with Crippen LogP contribution in [0.4, 0.5) is 18.9 Å². The molecule has 0 unspecified atom stereocenters. The molecule has 0 atom stereocenters. The summed E-state index contributed by atoms with van der Waals surface area (Å²) in [6.45, 7) is 1.01. The molecule has 0 saturated heterocycles. The maximum absolute atomic E-state index is 12.4. The van der Waals surface area contributed by atoms with Crippen molar-refractivity contribution in [2.45, 2.75) is 26.2 Å². The number of methoxy groups -OCH3 is 1. The van der Waals surface area contributed by atoms with Gasteiger partial charge in [0.05, 0.1) is 18.1 Å². The van der Waals surface area contributed by atoms with E-state index in [-0.39, 0.29) is 29.3 Å². The van der Waals surface area contributed by atoms with E-state index < -0.39 is 17.7 Å². The molecule has 0 bridgehead atoms. The van der Waals surface area contributed by atoms with Crippen molar-refractivity contribution >= 4 is 5.69 Å². The van der Waals surface area contributed by atoms with Crippen LogP contribution in [-0.4, -0.2) is 24.8 Å². The highest BCUT2D eigenvalue weighted by Gasteiger charge is 2.30. The Labute approximate surface area is 154 Å². The summed E-state index contributed by atoms with van der Waals surface area (Å²) in [5.74, 6) is -0.332. The first-order valence-electron chi connectivity index (χ1n) is 8.00. The summed E-state index contributed by atoms with van der Waals surface area (Å²) in [6.07, 6.45) is -4.56. The van der Waals surface area contributed by atoms with Crippen molar-refractivity contribution in [1.29, 1.82) is 0 Å². The number of nitrogens with one attached hydrogen (secondary N) is 1. The number of nitrogens with zero attached hydrogens (tertiary/aromatic N) is 1. The predicted octanol–water partition coefficient (Wildman–Crippen LogP) is 4.14. The Hall–Kier alpha value is -2.81. The number of rotatable bonds is 8. The van der Waals surface area contributed by atoms with Crippen molar-refractivity contribution < 1.29 is 27.6 Å². The zero-order valence-electron chi connectivity index (χ0n) is 14.8. The standard InChI is InChI=1S/C18H19F3N2O4/c1-12-4-3-5-13(6-12)9-22-10-14-7-16(26-2)17(8-15(14)23(24)25)27-11-18(19,20)21/h3-8,22H,9-11H2,1-2H3. The fraction of sp³-hybridized carbons (Fsp3) is 0.333. The molecule has 6 nitrogen and oxygen atoms in total. The molecule has 2 aromatic carbocycles. The molecule has 2 rings (SSSR count). The molecule has 0 saturated carbocycles. The van der Waals surface area contributed by atoms with E-state index in [0.29, 0.717) is 6.54 Å². The Balaban J connectivity index is 2.18. The van der Waals surface area contributed by atoms with E-state index in [1.165, 1.54) is 13.2 Å². The van der Waals surface area contributed by atoms with Crippen LogP contribution in [0, 0.1) is 17.0 Å². The zero-order chi connectivity index (χ0) is 20.0. The lowest BCUT2D eigenvalue weighted by atomic mass is 10.1. The van der Waals surface area contributed by atoms with Crippen LogP contribution in [0.1, 0.15) is 16.7 Å². The number of alkyl halides is 3. The van der Waals surface area contributed by atoms with E-state index in [0.717, 1.165) is 17.2 Å². The number of hydrogen-bond acceptors (Lipinski definition) is 5. The van der Waals surface area contributed by atoms with Crippen LogP contribution in [0.2, 0.25) is 0 Å². The molecular weight excluding hydrogens is 365 g/mol. The van der Waals surface area contributed by atoms with Crippen LogP contribution in [0.25, 0.3) is 0 Å². The van der Waals surface area contributed by atoms with Gasteiger partial charge in [-0.1, -0.05) is 29.8 Å². The summed E-state index contributed by atoms with van der Waals surface area (Å²) < 4.78 is 46.8. The lowest BCUT2D eigenvalue weighted by molar-refractivity contribution is -0.385.